The molecule has 0 heterocycles. The van der Waals surface area contributed by atoms with E-state index < -0.39 is 0 Å². The van der Waals surface area contributed by atoms with Crippen LogP contribution < -0.4 is 0 Å². The molecular weight excluding hydrogens is 361 g/mol. The Kier molecular flexibility index (Phi) is 60.8. The smallest absolute Gasteiger partial charge is 0.697 e. The van der Waals surface area contributed by atoms with E-state index in [1.807, 2.05) is 0 Å². The Hall–Kier alpha value is 0.642. The monoisotopic (exact) mass is 394 g/mol. The number of hydrogen-bond donors (Lipinski definition) is 0. The molecule has 0 atom stereocenters. The summed E-state index contributed by atoms with van der Waals surface area (Å²) in [5.41, 5.74) is 0. The van der Waals surface area contributed by atoms with Crippen molar-refractivity contribution in [3.05, 3.63) is 12.8 Å². The maximum Gasteiger partial charge on any atom is 2.00 e. The van der Waals surface area contributed by atoms with Crippen molar-refractivity contribution in [2.45, 2.75) is 41.5 Å². The molecule has 116 valence electrons. The Balaban J connectivity index is -0.0000000522. The maximum atomic E-state index is 5.25. The molecule has 0 saturated heterocycles. The van der Waals surface area contributed by atoms with Gasteiger partial charge in [-0.05, 0) is 57.4 Å². The number of hydrogen-bond acceptors (Lipinski definition) is 0. The average molecular weight is 395 g/mol. The molecule has 19 heavy (non-hydrogen) atoms. The van der Waals surface area contributed by atoms with Crippen LogP contribution in [0.25, 0.3) is 0 Å². The van der Waals surface area contributed by atoms with Gasteiger partial charge >= 0.3 is 20.4 Å². The summed E-state index contributed by atoms with van der Waals surface area (Å²) in [6.45, 7) is 13.8. The van der Waals surface area contributed by atoms with E-state index in [-0.39, 0.29) is 36.3 Å². The molecule has 0 rings (SSSR count). The van der Waals surface area contributed by atoms with Gasteiger partial charge in [0, 0.05) is 0 Å². The van der Waals surface area contributed by atoms with Crippen LogP contribution >= 0.6 is 15.8 Å². The molecule has 0 amide bonds. The second kappa shape index (κ2) is 36.3. The van der Waals surface area contributed by atoms with E-state index in [9.17, 15) is 0 Å². The summed E-state index contributed by atoms with van der Waals surface area (Å²) in [7, 11) is 0.275. The van der Waals surface area contributed by atoms with Crippen molar-refractivity contribution in [1.29, 1.82) is 0 Å². The van der Waals surface area contributed by atoms with Gasteiger partial charge in [-0.15, -0.1) is 0 Å². The fourth-order valence-electron chi connectivity index (χ4n) is 1.50. The van der Waals surface area contributed by atoms with E-state index in [1.54, 1.807) is 0 Å². The van der Waals surface area contributed by atoms with Gasteiger partial charge in [0.15, 0.2) is 0 Å². The van der Waals surface area contributed by atoms with Crippen LogP contribution in [0, 0.1) is 25.7 Å². The molecule has 0 N–H and O–H groups in total. The summed E-state index contributed by atoms with van der Waals surface area (Å²) < 4.78 is 0. The predicted molar refractivity (Wildman–Crippen MR) is 96.3 cm³/mol. The molecular formula is C16H34P2Pd+2. The third-order valence-corrected chi connectivity index (χ3v) is 9.00. The minimum absolute atomic E-state index is 0. The Labute approximate surface area is 140 Å². The van der Waals surface area contributed by atoms with Crippen LogP contribution in [-0.4, -0.2) is 37.0 Å². The van der Waals surface area contributed by atoms with E-state index in [0.29, 0.717) is 0 Å². The van der Waals surface area contributed by atoms with E-state index in [0.717, 1.165) is 0 Å². The summed E-state index contributed by atoms with van der Waals surface area (Å²) in [6, 6.07) is 0. The Morgan fingerprint density at radius 2 is 0.632 bits per heavy atom. The Morgan fingerprint density at radius 1 is 0.526 bits per heavy atom. The number of terminal acetylenes is 2. The molecule has 0 fully saturated rings. The zero-order chi connectivity index (χ0) is 15.4. The molecule has 0 radical (unpaired) electrons. The van der Waals surface area contributed by atoms with Gasteiger partial charge in [0.25, 0.3) is 0 Å². The SMILES string of the molecule is CC[PH+](CC)CC.CC[PH+](CC)CC.[C-]#C.[C-]#C.[Pd+2]. The summed E-state index contributed by atoms with van der Waals surface area (Å²) in [5.74, 6) is 0. The first-order valence-corrected chi connectivity index (χ1v) is 11.2. The molecule has 0 nitrogen and oxygen atoms in total. The van der Waals surface area contributed by atoms with Crippen molar-refractivity contribution >= 4 is 15.8 Å². The minimum atomic E-state index is 0. The van der Waals surface area contributed by atoms with Crippen molar-refractivity contribution < 1.29 is 20.4 Å². The van der Waals surface area contributed by atoms with Gasteiger partial charge in [0.05, 0.1) is 37.0 Å². The molecule has 0 aliphatic rings. The maximum absolute atomic E-state index is 5.25. The van der Waals surface area contributed by atoms with Gasteiger partial charge in [0.1, 0.15) is 0 Å². The zero-order valence-electron chi connectivity index (χ0n) is 13.7. The van der Waals surface area contributed by atoms with Crippen LogP contribution in [0.15, 0.2) is 0 Å². The van der Waals surface area contributed by atoms with E-state index in [4.69, 9.17) is 12.8 Å². The average Bonchev–Trinajstić information content (AvgIpc) is 2.48. The van der Waals surface area contributed by atoms with Gasteiger partial charge in [-0.2, -0.15) is 0 Å². The summed E-state index contributed by atoms with van der Waals surface area (Å²) in [4.78, 5) is 0. The third kappa shape index (κ3) is 32.3. The standard InChI is InChI=1S/2C6H15P.2C2H.Pd/c2*1-4-7(5-2)6-3;2*1-2;/h2*4-6H2,1-3H3;2*1H;/q;;2*-1;+2/p+2. The van der Waals surface area contributed by atoms with Crippen LogP contribution in [-0.2, 0) is 20.4 Å². The van der Waals surface area contributed by atoms with Crippen molar-refractivity contribution in [3.8, 4) is 12.8 Å². The van der Waals surface area contributed by atoms with Crippen molar-refractivity contribution in [3.63, 3.8) is 0 Å². The fourth-order valence-corrected chi connectivity index (χ4v) is 4.50. The second-order valence-electron chi connectivity index (χ2n) is 3.62. The van der Waals surface area contributed by atoms with Crippen molar-refractivity contribution in [2.24, 2.45) is 0 Å². The molecule has 0 aromatic rings. The van der Waals surface area contributed by atoms with Crippen molar-refractivity contribution in [1.82, 2.24) is 0 Å². The first-order chi connectivity index (χ1) is 8.69. The van der Waals surface area contributed by atoms with Crippen LogP contribution in [0.3, 0.4) is 0 Å². The predicted octanol–water partition coefficient (Wildman–Crippen LogP) is 4.93. The summed E-state index contributed by atoms with van der Waals surface area (Å²) in [6.07, 6.45) is 26.7. The first-order valence-electron chi connectivity index (χ1n) is 6.94. The summed E-state index contributed by atoms with van der Waals surface area (Å²) >= 11 is 0. The molecule has 0 aromatic carbocycles. The van der Waals surface area contributed by atoms with Gasteiger partial charge in [-0.3, -0.25) is 0 Å². The van der Waals surface area contributed by atoms with E-state index in [2.05, 4.69) is 54.4 Å². The second-order valence-corrected chi connectivity index (χ2v) is 10.9. The zero-order valence-corrected chi connectivity index (χ0v) is 17.3. The quantitative estimate of drug-likeness (QED) is 0.259. The minimum Gasteiger partial charge on any atom is -0.697 e. The summed E-state index contributed by atoms with van der Waals surface area (Å²) in [5, 5.41) is 0. The van der Waals surface area contributed by atoms with E-state index >= 15 is 0 Å². The Morgan fingerprint density at radius 3 is 0.632 bits per heavy atom. The molecule has 3 heteroatoms. The first kappa shape index (κ1) is 31.8. The molecule has 0 aromatic heterocycles. The van der Waals surface area contributed by atoms with Gasteiger partial charge in [-0.25, -0.2) is 0 Å². The molecule has 0 bridgehead atoms. The van der Waals surface area contributed by atoms with E-state index in [1.165, 1.54) is 37.0 Å². The molecule has 0 saturated carbocycles. The molecule has 0 aliphatic heterocycles. The topological polar surface area (TPSA) is 0 Å². The number of rotatable bonds is 6. The van der Waals surface area contributed by atoms with Crippen LogP contribution in [0.1, 0.15) is 41.5 Å². The fraction of sp³-hybridized carbons (Fsp3) is 0.750. The molecule has 0 unspecified atom stereocenters. The van der Waals surface area contributed by atoms with Crippen LogP contribution in [0.2, 0.25) is 0 Å². The van der Waals surface area contributed by atoms with Crippen LogP contribution in [0.4, 0.5) is 0 Å². The molecule has 0 spiro atoms. The van der Waals surface area contributed by atoms with Crippen LogP contribution in [0.5, 0.6) is 0 Å². The van der Waals surface area contributed by atoms with Gasteiger partial charge < -0.3 is 25.7 Å². The molecule has 0 aliphatic carbocycles. The van der Waals surface area contributed by atoms with Crippen molar-refractivity contribution in [2.75, 3.05) is 37.0 Å². The van der Waals surface area contributed by atoms with Gasteiger partial charge in [0.2, 0.25) is 0 Å². The van der Waals surface area contributed by atoms with Gasteiger partial charge in [-0.1, -0.05) is 0 Å². The normalized spacial score (nSPS) is 7.79. The Bertz CT molecular complexity index is 118. The largest absolute Gasteiger partial charge is 2.00 e. The third-order valence-electron chi connectivity index (χ3n) is 3.00.